The fourth-order valence-corrected chi connectivity index (χ4v) is 3.94. The molecule has 3 aromatic rings. The maximum atomic E-state index is 12.6. The fraction of sp³-hybridized carbons (Fsp3) is 0.318. The van der Waals surface area contributed by atoms with E-state index in [-0.39, 0.29) is 33.8 Å². The predicted molar refractivity (Wildman–Crippen MR) is 106 cm³/mol. The third kappa shape index (κ3) is 3.14. The molecule has 27 heavy (non-hydrogen) atoms. The molecule has 2 aromatic carbocycles. The maximum Gasteiger partial charge on any atom is 0.196 e. The first-order chi connectivity index (χ1) is 13.1. The Bertz CT molecular complexity index is 1040. The average Bonchev–Trinajstić information content (AvgIpc) is 3.00. The number of hydrogen-bond acceptors (Lipinski definition) is 5. The number of aromatic hydroxyl groups is 2. The summed E-state index contributed by atoms with van der Waals surface area (Å²) < 4.78 is 5.97. The molecule has 1 aromatic heterocycles. The van der Waals surface area contributed by atoms with Crippen molar-refractivity contribution in [3.05, 3.63) is 64.0 Å². The van der Waals surface area contributed by atoms with E-state index in [4.69, 9.17) is 4.42 Å². The van der Waals surface area contributed by atoms with E-state index in [0.717, 1.165) is 31.1 Å². The lowest BCUT2D eigenvalue weighted by atomic mass is 9.98. The van der Waals surface area contributed by atoms with Crippen LogP contribution in [0, 0.1) is 0 Å². The number of phenols is 2. The van der Waals surface area contributed by atoms with E-state index in [9.17, 15) is 15.0 Å². The van der Waals surface area contributed by atoms with E-state index in [1.54, 1.807) is 0 Å². The first kappa shape index (κ1) is 17.5. The van der Waals surface area contributed by atoms with Crippen molar-refractivity contribution < 1.29 is 14.6 Å². The Hall–Kier alpha value is -2.95. The molecule has 0 radical (unpaired) electrons. The number of rotatable bonds is 5. The van der Waals surface area contributed by atoms with Crippen LogP contribution >= 0.6 is 0 Å². The summed E-state index contributed by atoms with van der Waals surface area (Å²) in [7, 11) is 0. The highest BCUT2D eigenvalue weighted by molar-refractivity contribution is 5.84. The number of fused-ring (bicyclic) bond motifs is 2. The van der Waals surface area contributed by atoms with Gasteiger partial charge in [-0.2, -0.15) is 0 Å². The molecule has 1 aliphatic rings. The predicted octanol–water partition coefficient (Wildman–Crippen LogP) is 4.35. The zero-order valence-corrected chi connectivity index (χ0v) is 15.3. The van der Waals surface area contributed by atoms with E-state index in [1.165, 1.54) is 30.7 Å². The molecule has 0 fully saturated rings. The maximum absolute atomic E-state index is 12.6. The van der Waals surface area contributed by atoms with E-state index < -0.39 is 0 Å². The van der Waals surface area contributed by atoms with Gasteiger partial charge in [-0.15, -0.1) is 0 Å². The van der Waals surface area contributed by atoms with Gasteiger partial charge in [0.1, 0.15) is 28.2 Å². The summed E-state index contributed by atoms with van der Waals surface area (Å²) in [6, 6.07) is 12.2. The van der Waals surface area contributed by atoms with Gasteiger partial charge in [0, 0.05) is 37.0 Å². The fourth-order valence-electron chi connectivity index (χ4n) is 3.94. The van der Waals surface area contributed by atoms with E-state index in [1.807, 2.05) is 12.1 Å². The number of benzene rings is 2. The molecular weight excluding hydrogens is 342 g/mol. The third-order valence-electron chi connectivity index (χ3n) is 5.24. The van der Waals surface area contributed by atoms with Crippen LogP contribution in [0.2, 0.25) is 0 Å². The molecule has 0 bridgehead atoms. The van der Waals surface area contributed by atoms with E-state index in [2.05, 4.69) is 24.0 Å². The molecule has 5 heteroatoms. The summed E-state index contributed by atoms with van der Waals surface area (Å²) in [6.07, 6.45) is 3.49. The molecule has 1 atom stereocenters. The Kier molecular flexibility index (Phi) is 4.52. The number of anilines is 1. The van der Waals surface area contributed by atoms with Gasteiger partial charge < -0.3 is 19.5 Å². The second-order valence-corrected chi connectivity index (χ2v) is 7.12. The van der Waals surface area contributed by atoms with Gasteiger partial charge in [0.05, 0.1) is 5.92 Å². The Morgan fingerprint density at radius 2 is 1.96 bits per heavy atom. The lowest BCUT2D eigenvalue weighted by Gasteiger charge is -2.19. The minimum atomic E-state index is -0.300. The second kappa shape index (κ2) is 6.99. The van der Waals surface area contributed by atoms with E-state index >= 15 is 0 Å². The molecule has 0 amide bonds. The summed E-state index contributed by atoms with van der Waals surface area (Å²) in [5, 5.41) is 19.8. The molecule has 1 aliphatic heterocycles. The van der Waals surface area contributed by atoms with Crippen LogP contribution < -0.4 is 10.3 Å². The summed E-state index contributed by atoms with van der Waals surface area (Å²) in [5.41, 5.74) is 2.23. The van der Waals surface area contributed by atoms with Crippen LogP contribution in [0.5, 0.6) is 11.5 Å². The highest BCUT2D eigenvalue weighted by Crippen LogP contribution is 2.41. The number of phenolic OH excluding ortho intramolecular Hbond substituents is 2. The quantitative estimate of drug-likeness (QED) is 0.658. The van der Waals surface area contributed by atoms with E-state index in [0.29, 0.717) is 5.76 Å². The molecule has 2 heterocycles. The zero-order chi connectivity index (χ0) is 19.0. The van der Waals surface area contributed by atoms with Gasteiger partial charge in [0.15, 0.2) is 5.43 Å². The topological polar surface area (TPSA) is 73.9 Å². The first-order valence-electron chi connectivity index (χ1n) is 9.42. The van der Waals surface area contributed by atoms with Crippen molar-refractivity contribution >= 4 is 16.7 Å². The Labute approximate surface area is 157 Å². The summed E-state index contributed by atoms with van der Waals surface area (Å²) in [4.78, 5) is 14.9. The van der Waals surface area contributed by atoms with Crippen LogP contribution in [0.1, 0.15) is 43.4 Å². The molecule has 0 spiro atoms. The van der Waals surface area contributed by atoms with Gasteiger partial charge in [-0.25, -0.2) is 0 Å². The van der Waals surface area contributed by atoms with Crippen LogP contribution in [0.15, 0.2) is 51.7 Å². The number of nitrogens with zero attached hydrogens (tertiary/aromatic N) is 1. The van der Waals surface area contributed by atoms with Gasteiger partial charge in [0.25, 0.3) is 0 Å². The van der Waals surface area contributed by atoms with Gasteiger partial charge in [-0.1, -0.05) is 38.0 Å². The number of para-hydroxylation sites is 1. The monoisotopic (exact) mass is 365 g/mol. The highest BCUT2D eigenvalue weighted by atomic mass is 16.3. The van der Waals surface area contributed by atoms with Gasteiger partial charge in [-0.3, -0.25) is 4.79 Å². The molecule has 2 N–H and O–H groups in total. The molecule has 0 aliphatic carbocycles. The first-order valence-corrected chi connectivity index (χ1v) is 9.42. The molecule has 1 unspecified atom stereocenters. The largest absolute Gasteiger partial charge is 0.508 e. The molecule has 140 valence electrons. The van der Waals surface area contributed by atoms with Crippen molar-refractivity contribution in [2.75, 3.05) is 18.0 Å². The molecule has 0 saturated heterocycles. The van der Waals surface area contributed by atoms with Crippen molar-refractivity contribution in [3.63, 3.8) is 0 Å². The van der Waals surface area contributed by atoms with Crippen molar-refractivity contribution in [3.8, 4) is 11.5 Å². The van der Waals surface area contributed by atoms with Crippen molar-refractivity contribution in [1.82, 2.24) is 0 Å². The van der Waals surface area contributed by atoms with Gasteiger partial charge in [-0.05, 0) is 18.1 Å². The van der Waals surface area contributed by atoms with Crippen LogP contribution in [0.3, 0.4) is 0 Å². The number of hydrogen-bond donors (Lipinski definition) is 2. The molecule has 4 rings (SSSR count). The normalized spacial score (nSPS) is 16.0. The van der Waals surface area contributed by atoms with Crippen LogP contribution in [-0.4, -0.2) is 23.3 Å². The van der Waals surface area contributed by atoms with Gasteiger partial charge >= 0.3 is 0 Å². The lowest BCUT2D eigenvalue weighted by Crippen LogP contribution is -2.23. The SMILES string of the molecule is CCCCCN1CC(c2cc(=O)c3c(O)cc(O)cc3o2)c2ccccc21. The molecular formula is C22H23NO4. The van der Waals surface area contributed by atoms with Crippen molar-refractivity contribution in [2.45, 2.75) is 32.1 Å². The molecule has 0 saturated carbocycles. The Balaban J connectivity index is 1.76. The van der Waals surface area contributed by atoms with Crippen LogP contribution in [-0.2, 0) is 0 Å². The van der Waals surface area contributed by atoms with Crippen LogP contribution in [0.4, 0.5) is 5.69 Å². The summed E-state index contributed by atoms with van der Waals surface area (Å²) in [5.74, 6) is 0.110. The van der Waals surface area contributed by atoms with Crippen molar-refractivity contribution in [2.24, 2.45) is 0 Å². The Morgan fingerprint density at radius 3 is 2.78 bits per heavy atom. The van der Waals surface area contributed by atoms with Crippen LogP contribution in [0.25, 0.3) is 11.0 Å². The summed E-state index contributed by atoms with van der Waals surface area (Å²) >= 11 is 0. The lowest BCUT2D eigenvalue weighted by molar-refractivity contribution is 0.449. The summed E-state index contributed by atoms with van der Waals surface area (Å²) in [6.45, 7) is 3.92. The standard InChI is InChI=1S/C22H23NO4/c1-2-3-6-9-23-13-16(15-7-4-5-8-17(15)23)20-12-19(26)22-18(25)10-14(24)11-21(22)27-20/h4-5,7-8,10-12,16,24-25H,2-3,6,9,13H2,1H3. The molecule has 5 nitrogen and oxygen atoms in total. The zero-order valence-electron chi connectivity index (χ0n) is 15.3. The second-order valence-electron chi connectivity index (χ2n) is 7.12. The highest BCUT2D eigenvalue weighted by Gasteiger charge is 2.31. The van der Waals surface area contributed by atoms with Crippen molar-refractivity contribution in [1.29, 1.82) is 0 Å². The minimum Gasteiger partial charge on any atom is -0.508 e. The minimum absolute atomic E-state index is 0.0515. The Morgan fingerprint density at radius 1 is 1.15 bits per heavy atom. The van der Waals surface area contributed by atoms with Gasteiger partial charge in [0.2, 0.25) is 0 Å². The number of unbranched alkanes of at least 4 members (excludes halogenated alkanes) is 2. The average molecular weight is 365 g/mol. The third-order valence-corrected chi connectivity index (χ3v) is 5.24. The smallest absolute Gasteiger partial charge is 0.196 e.